The Hall–Kier alpha value is -3.52. The van der Waals surface area contributed by atoms with Crippen molar-refractivity contribution < 1.29 is 13.9 Å². The lowest BCUT2D eigenvalue weighted by atomic mass is 9.95. The highest BCUT2D eigenvalue weighted by atomic mass is 19.1. The first-order valence-corrected chi connectivity index (χ1v) is 14.3. The number of nitrogens with two attached hydrogens (primary N) is 1. The molecule has 0 bridgehead atoms. The number of amides is 1. The van der Waals surface area contributed by atoms with Crippen LogP contribution >= 0.6 is 0 Å². The van der Waals surface area contributed by atoms with Crippen LogP contribution in [0.25, 0.3) is 0 Å². The minimum absolute atomic E-state index is 0.276. The van der Waals surface area contributed by atoms with Crippen LogP contribution in [-0.2, 0) is 13.0 Å². The molecule has 1 amide bonds. The van der Waals surface area contributed by atoms with Crippen molar-refractivity contribution in [2.24, 2.45) is 5.73 Å². The predicted octanol–water partition coefficient (Wildman–Crippen LogP) is 5.53. The molecule has 2 N–H and O–H groups in total. The molecule has 3 aromatic rings. The number of benzene rings is 1. The standard InChI is InChI=1S/C32H42FN5O2/c1-6-40-28-10-8-26(9-11-28)38(20-25-19-35-16-13-21(25)2)27-14-17-37(18-15-27)22(3)7-12-29-23(4)30(32(34)39)24(5)36-31(29)33/h8-11,13,16,19,22,27H,6-7,12,14-15,17-18,20H2,1-5H3,(H2,34,39)/t22-/m1/s1. The smallest absolute Gasteiger partial charge is 0.250 e. The Kier molecular flexibility index (Phi) is 9.74. The van der Waals surface area contributed by atoms with Gasteiger partial charge in [-0.25, -0.2) is 4.98 Å². The molecular weight excluding hydrogens is 505 g/mol. The number of carbonyl (C=O) groups is 1. The first-order chi connectivity index (χ1) is 19.2. The third-order valence-corrected chi connectivity index (χ3v) is 8.29. The van der Waals surface area contributed by atoms with E-state index in [1.165, 1.54) is 16.8 Å². The minimum atomic E-state index is -0.558. The Morgan fingerprint density at radius 3 is 2.50 bits per heavy atom. The molecule has 2 aromatic heterocycles. The van der Waals surface area contributed by atoms with Crippen molar-refractivity contribution in [1.29, 1.82) is 0 Å². The van der Waals surface area contributed by atoms with Crippen molar-refractivity contribution in [3.05, 3.63) is 82.2 Å². The minimum Gasteiger partial charge on any atom is -0.494 e. The van der Waals surface area contributed by atoms with Gasteiger partial charge in [0.1, 0.15) is 5.75 Å². The Balaban J connectivity index is 1.43. The van der Waals surface area contributed by atoms with Crippen LogP contribution in [0.15, 0.2) is 42.7 Å². The summed E-state index contributed by atoms with van der Waals surface area (Å²) in [6, 6.07) is 11.1. The van der Waals surface area contributed by atoms with Gasteiger partial charge in [0.15, 0.2) is 0 Å². The van der Waals surface area contributed by atoms with Crippen molar-refractivity contribution in [2.75, 3.05) is 24.6 Å². The lowest BCUT2D eigenvalue weighted by Crippen LogP contribution is -2.47. The molecule has 0 unspecified atom stereocenters. The van der Waals surface area contributed by atoms with E-state index in [9.17, 15) is 9.18 Å². The van der Waals surface area contributed by atoms with Crippen LogP contribution in [0.3, 0.4) is 0 Å². The van der Waals surface area contributed by atoms with Gasteiger partial charge in [-0.15, -0.1) is 0 Å². The second kappa shape index (κ2) is 13.2. The molecule has 7 nitrogen and oxygen atoms in total. The van der Waals surface area contributed by atoms with Crippen LogP contribution in [0, 0.1) is 26.7 Å². The van der Waals surface area contributed by atoms with Crippen LogP contribution < -0.4 is 15.4 Å². The molecule has 1 aromatic carbocycles. The van der Waals surface area contributed by atoms with Gasteiger partial charge < -0.3 is 20.3 Å². The summed E-state index contributed by atoms with van der Waals surface area (Å²) >= 11 is 0. The van der Waals surface area contributed by atoms with Crippen LogP contribution in [0.2, 0.25) is 0 Å². The summed E-state index contributed by atoms with van der Waals surface area (Å²) < 4.78 is 20.4. The van der Waals surface area contributed by atoms with E-state index in [4.69, 9.17) is 10.5 Å². The quantitative estimate of drug-likeness (QED) is 0.318. The molecule has 3 heterocycles. The third-order valence-electron chi connectivity index (χ3n) is 8.29. The number of hydrogen-bond acceptors (Lipinski definition) is 6. The number of likely N-dealkylation sites (tertiary alicyclic amines) is 1. The largest absolute Gasteiger partial charge is 0.494 e. The molecule has 0 spiro atoms. The maximum atomic E-state index is 14.7. The molecule has 8 heteroatoms. The third kappa shape index (κ3) is 6.78. The summed E-state index contributed by atoms with van der Waals surface area (Å²) in [5, 5.41) is 0. The Labute approximate surface area is 237 Å². The number of primary amides is 1. The highest BCUT2D eigenvalue weighted by Gasteiger charge is 2.28. The summed E-state index contributed by atoms with van der Waals surface area (Å²) in [6.45, 7) is 13.1. The Morgan fingerprint density at radius 1 is 1.18 bits per heavy atom. The predicted molar refractivity (Wildman–Crippen MR) is 157 cm³/mol. The van der Waals surface area contributed by atoms with E-state index in [-0.39, 0.29) is 6.04 Å². The molecule has 1 saturated heterocycles. The second-order valence-electron chi connectivity index (χ2n) is 10.8. The summed E-state index contributed by atoms with van der Waals surface area (Å²) in [7, 11) is 0. The average molecular weight is 548 g/mol. The zero-order valence-electron chi connectivity index (χ0n) is 24.4. The number of rotatable bonds is 11. The monoisotopic (exact) mass is 547 g/mol. The number of hydrogen-bond donors (Lipinski definition) is 1. The number of nitrogens with zero attached hydrogens (tertiary/aromatic N) is 4. The van der Waals surface area contributed by atoms with E-state index >= 15 is 0 Å². The van der Waals surface area contributed by atoms with Crippen molar-refractivity contribution in [3.8, 4) is 5.75 Å². The SMILES string of the molecule is CCOc1ccc(N(Cc2cnccc2C)C2CCN([C@H](C)CCc3c(F)nc(C)c(C(N)=O)c3C)CC2)cc1. The van der Waals surface area contributed by atoms with E-state index in [1.807, 2.05) is 31.5 Å². The molecule has 1 atom stereocenters. The maximum Gasteiger partial charge on any atom is 0.250 e. The summed E-state index contributed by atoms with van der Waals surface area (Å²) in [6.07, 6.45) is 7.17. The first kappa shape index (κ1) is 29.5. The molecule has 0 radical (unpaired) electrons. The molecule has 4 rings (SSSR count). The first-order valence-electron chi connectivity index (χ1n) is 14.3. The summed E-state index contributed by atoms with van der Waals surface area (Å²) in [4.78, 5) is 25.2. The van der Waals surface area contributed by atoms with E-state index in [0.29, 0.717) is 41.5 Å². The average Bonchev–Trinajstić information content (AvgIpc) is 2.93. The van der Waals surface area contributed by atoms with Crippen molar-refractivity contribution in [1.82, 2.24) is 14.9 Å². The van der Waals surface area contributed by atoms with Gasteiger partial charge in [0.05, 0.1) is 17.9 Å². The number of pyridine rings is 2. The molecule has 214 valence electrons. The number of halogens is 1. The summed E-state index contributed by atoms with van der Waals surface area (Å²) in [5.74, 6) is -0.175. The van der Waals surface area contributed by atoms with E-state index in [2.05, 4.69) is 51.8 Å². The van der Waals surface area contributed by atoms with Gasteiger partial charge in [0, 0.05) is 55.4 Å². The Morgan fingerprint density at radius 2 is 1.88 bits per heavy atom. The zero-order valence-corrected chi connectivity index (χ0v) is 24.4. The number of ether oxygens (including phenoxy) is 1. The molecule has 40 heavy (non-hydrogen) atoms. The molecule has 0 aliphatic carbocycles. The molecule has 1 fully saturated rings. The van der Waals surface area contributed by atoms with Crippen molar-refractivity contribution in [2.45, 2.75) is 78.9 Å². The van der Waals surface area contributed by atoms with Gasteiger partial charge in [-0.05, 0) is 107 Å². The number of anilines is 1. The zero-order chi connectivity index (χ0) is 28.8. The highest BCUT2D eigenvalue weighted by Crippen LogP contribution is 2.29. The number of piperidine rings is 1. The van der Waals surface area contributed by atoms with Gasteiger partial charge in [0.25, 0.3) is 5.91 Å². The molecular formula is C32H42FN5O2. The number of aryl methyl sites for hydroxylation is 2. The van der Waals surface area contributed by atoms with E-state index in [0.717, 1.165) is 44.6 Å². The molecule has 1 aliphatic heterocycles. The summed E-state index contributed by atoms with van der Waals surface area (Å²) in [5.41, 5.74) is 11.0. The molecule has 0 saturated carbocycles. The van der Waals surface area contributed by atoms with Crippen LogP contribution in [0.5, 0.6) is 5.75 Å². The van der Waals surface area contributed by atoms with Crippen molar-refractivity contribution >= 4 is 11.6 Å². The van der Waals surface area contributed by atoms with Gasteiger partial charge >= 0.3 is 0 Å². The fraction of sp³-hybridized carbons (Fsp3) is 0.469. The topological polar surface area (TPSA) is 84.6 Å². The van der Waals surface area contributed by atoms with Gasteiger partial charge in [-0.3, -0.25) is 9.78 Å². The normalized spacial score (nSPS) is 15.2. The van der Waals surface area contributed by atoms with E-state index in [1.54, 1.807) is 13.8 Å². The highest BCUT2D eigenvalue weighted by molar-refractivity contribution is 5.95. The number of aromatic nitrogens is 2. The fourth-order valence-electron chi connectivity index (χ4n) is 5.85. The van der Waals surface area contributed by atoms with Gasteiger partial charge in [-0.2, -0.15) is 4.39 Å². The molecule has 1 aliphatic rings. The lowest BCUT2D eigenvalue weighted by molar-refractivity contribution is 0.0998. The lowest BCUT2D eigenvalue weighted by Gasteiger charge is -2.42. The number of carbonyl (C=O) groups excluding carboxylic acids is 1. The van der Waals surface area contributed by atoms with Gasteiger partial charge in [0.2, 0.25) is 5.95 Å². The maximum absolute atomic E-state index is 14.7. The van der Waals surface area contributed by atoms with Crippen LogP contribution in [0.4, 0.5) is 10.1 Å². The Bertz CT molecular complexity index is 1310. The van der Waals surface area contributed by atoms with Crippen LogP contribution in [0.1, 0.15) is 71.4 Å². The van der Waals surface area contributed by atoms with Crippen molar-refractivity contribution in [3.63, 3.8) is 0 Å². The van der Waals surface area contributed by atoms with Gasteiger partial charge in [-0.1, -0.05) is 0 Å². The van der Waals surface area contributed by atoms with Crippen LogP contribution in [-0.4, -0.2) is 52.6 Å². The fourth-order valence-corrected chi connectivity index (χ4v) is 5.85. The van der Waals surface area contributed by atoms with E-state index < -0.39 is 11.9 Å². The second-order valence-corrected chi connectivity index (χ2v) is 10.8.